The van der Waals surface area contributed by atoms with E-state index in [1.165, 1.54) is 13.4 Å². The van der Waals surface area contributed by atoms with Gasteiger partial charge in [0.05, 0.1) is 12.7 Å². The van der Waals surface area contributed by atoms with Crippen molar-refractivity contribution in [3.05, 3.63) is 71.5 Å². The Morgan fingerprint density at radius 1 is 0.923 bits per heavy atom. The number of hydrogen-bond acceptors (Lipinski definition) is 6. The first-order valence-electron chi connectivity index (χ1n) is 8.17. The minimum Gasteiger partial charge on any atom is -0.465 e. The van der Waals surface area contributed by atoms with E-state index in [9.17, 15) is 4.79 Å². The van der Waals surface area contributed by atoms with E-state index in [1.54, 1.807) is 18.2 Å². The number of aromatic nitrogens is 2. The lowest BCUT2D eigenvalue weighted by Gasteiger charge is -2.13. The second-order valence-corrected chi connectivity index (χ2v) is 5.88. The summed E-state index contributed by atoms with van der Waals surface area (Å²) < 4.78 is 4.75. The number of nitrogens with zero attached hydrogens (tertiary/aromatic N) is 2. The summed E-state index contributed by atoms with van der Waals surface area (Å²) in [5.41, 5.74) is 4.53. The van der Waals surface area contributed by atoms with E-state index in [-0.39, 0.29) is 5.97 Å². The molecule has 0 amide bonds. The van der Waals surface area contributed by atoms with Gasteiger partial charge in [0.2, 0.25) is 0 Å². The van der Waals surface area contributed by atoms with Crippen molar-refractivity contribution in [2.75, 3.05) is 17.7 Å². The lowest BCUT2D eigenvalue weighted by atomic mass is 10.1. The summed E-state index contributed by atoms with van der Waals surface area (Å²) in [5.74, 6) is 0.925. The number of ether oxygens (including phenoxy) is 1. The summed E-state index contributed by atoms with van der Waals surface area (Å²) in [6, 6.07) is 15.0. The minimum absolute atomic E-state index is 0.381. The molecule has 6 nitrogen and oxygen atoms in total. The number of benzene rings is 2. The molecule has 26 heavy (non-hydrogen) atoms. The van der Waals surface area contributed by atoms with Gasteiger partial charge in [-0.15, -0.1) is 0 Å². The van der Waals surface area contributed by atoms with E-state index in [4.69, 9.17) is 4.74 Å². The van der Waals surface area contributed by atoms with Crippen LogP contribution in [0.3, 0.4) is 0 Å². The van der Waals surface area contributed by atoms with E-state index in [0.717, 1.165) is 22.5 Å². The zero-order valence-corrected chi connectivity index (χ0v) is 14.9. The van der Waals surface area contributed by atoms with Crippen LogP contribution in [0, 0.1) is 13.8 Å². The van der Waals surface area contributed by atoms with E-state index < -0.39 is 0 Å². The number of anilines is 4. The number of methoxy groups -OCH3 is 1. The first kappa shape index (κ1) is 17.4. The average molecular weight is 348 g/mol. The van der Waals surface area contributed by atoms with Crippen molar-refractivity contribution in [1.29, 1.82) is 0 Å². The first-order chi connectivity index (χ1) is 12.6. The molecule has 0 fully saturated rings. The van der Waals surface area contributed by atoms with Gasteiger partial charge in [-0.2, -0.15) is 0 Å². The summed E-state index contributed by atoms with van der Waals surface area (Å²) in [4.78, 5) is 20.2. The average Bonchev–Trinajstić information content (AvgIpc) is 2.65. The second kappa shape index (κ2) is 7.65. The summed E-state index contributed by atoms with van der Waals surface area (Å²) in [6.45, 7) is 4.10. The normalized spacial score (nSPS) is 10.3. The molecule has 0 radical (unpaired) electrons. The fourth-order valence-corrected chi connectivity index (χ4v) is 2.62. The fraction of sp³-hybridized carbons (Fsp3) is 0.150. The Bertz CT molecular complexity index is 920. The molecule has 0 saturated heterocycles. The standard InChI is InChI=1S/C20H20N4O2/c1-13-6-4-7-14(2)19(13)24-18-11-17(21-12-22-18)23-16-9-5-8-15(10-16)20(25)26-3/h4-12H,1-3H3,(H2,21,22,23,24). The molecular formula is C20H20N4O2. The lowest BCUT2D eigenvalue weighted by molar-refractivity contribution is 0.0601. The van der Waals surface area contributed by atoms with Gasteiger partial charge in [0.15, 0.2) is 0 Å². The van der Waals surface area contributed by atoms with Crippen molar-refractivity contribution in [1.82, 2.24) is 9.97 Å². The van der Waals surface area contributed by atoms with Gasteiger partial charge in [-0.25, -0.2) is 14.8 Å². The Morgan fingerprint density at radius 2 is 1.58 bits per heavy atom. The highest BCUT2D eigenvalue weighted by molar-refractivity contribution is 5.90. The van der Waals surface area contributed by atoms with E-state index in [1.807, 2.05) is 44.2 Å². The van der Waals surface area contributed by atoms with Gasteiger partial charge < -0.3 is 15.4 Å². The predicted molar refractivity (Wildman–Crippen MR) is 102 cm³/mol. The van der Waals surface area contributed by atoms with Crippen LogP contribution in [0.15, 0.2) is 54.9 Å². The van der Waals surface area contributed by atoms with Gasteiger partial charge in [0.25, 0.3) is 0 Å². The third-order valence-corrected chi connectivity index (χ3v) is 3.96. The summed E-state index contributed by atoms with van der Waals surface area (Å²) >= 11 is 0. The maximum atomic E-state index is 11.7. The number of rotatable bonds is 5. The zero-order chi connectivity index (χ0) is 18.5. The topological polar surface area (TPSA) is 76.1 Å². The van der Waals surface area contributed by atoms with Crippen molar-refractivity contribution < 1.29 is 9.53 Å². The highest BCUT2D eigenvalue weighted by Gasteiger charge is 2.07. The molecule has 0 aliphatic heterocycles. The minimum atomic E-state index is -0.381. The van der Waals surface area contributed by atoms with Gasteiger partial charge in [-0.05, 0) is 43.2 Å². The Morgan fingerprint density at radius 3 is 2.27 bits per heavy atom. The van der Waals surface area contributed by atoms with Gasteiger partial charge in [-0.3, -0.25) is 0 Å². The van der Waals surface area contributed by atoms with Crippen LogP contribution in [0.5, 0.6) is 0 Å². The number of carbonyl (C=O) groups excluding carboxylic acids is 1. The molecule has 0 bridgehead atoms. The van der Waals surface area contributed by atoms with Gasteiger partial charge >= 0.3 is 5.97 Å². The molecule has 0 aliphatic carbocycles. The number of nitrogens with one attached hydrogen (secondary N) is 2. The smallest absolute Gasteiger partial charge is 0.337 e. The van der Waals surface area contributed by atoms with Gasteiger partial charge in [0.1, 0.15) is 18.0 Å². The number of esters is 1. The van der Waals surface area contributed by atoms with Crippen LogP contribution in [0.1, 0.15) is 21.5 Å². The molecule has 6 heteroatoms. The molecule has 2 aromatic carbocycles. The Hall–Kier alpha value is -3.41. The maximum absolute atomic E-state index is 11.7. The fourth-order valence-electron chi connectivity index (χ4n) is 2.62. The SMILES string of the molecule is COC(=O)c1cccc(Nc2cc(Nc3c(C)cccc3C)ncn2)c1. The van der Waals surface area contributed by atoms with Crippen molar-refractivity contribution in [2.45, 2.75) is 13.8 Å². The largest absolute Gasteiger partial charge is 0.465 e. The molecule has 0 saturated carbocycles. The molecule has 1 heterocycles. The molecule has 0 atom stereocenters. The molecule has 0 aliphatic rings. The molecule has 0 unspecified atom stereocenters. The van der Waals surface area contributed by atoms with Gasteiger partial charge in [0, 0.05) is 17.4 Å². The van der Waals surface area contributed by atoms with Gasteiger partial charge in [-0.1, -0.05) is 24.3 Å². The summed E-state index contributed by atoms with van der Waals surface area (Å²) in [6.07, 6.45) is 1.49. The number of aryl methyl sites for hydroxylation is 2. The highest BCUT2D eigenvalue weighted by atomic mass is 16.5. The molecule has 2 N–H and O–H groups in total. The third-order valence-electron chi connectivity index (χ3n) is 3.96. The molecule has 1 aromatic heterocycles. The third kappa shape index (κ3) is 3.97. The lowest BCUT2D eigenvalue weighted by Crippen LogP contribution is -2.03. The molecule has 3 aromatic rings. The number of para-hydroxylation sites is 1. The van der Waals surface area contributed by atoms with Crippen molar-refractivity contribution in [3.8, 4) is 0 Å². The van der Waals surface area contributed by atoms with Crippen LogP contribution in [0.4, 0.5) is 23.0 Å². The summed E-state index contributed by atoms with van der Waals surface area (Å²) in [5, 5.41) is 6.52. The number of hydrogen-bond donors (Lipinski definition) is 2. The van der Waals surface area contributed by atoms with Crippen LogP contribution in [-0.4, -0.2) is 23.0 Å². The van der Waals surface area contributed by atoms with E-state index in [2.05, 4.69) is 20.6 Å². The van der Waals surface area contributed by atoms with E-state index in [0.29, 0.717) is 17.2 Å². The van der Waals surface area contributed by atoms with Crippen molar-refractivity contribution >= 4 is 29.0 Å². The quantitative estimate of drug-likeness (QED) is 0.667. The Kier molecular flexibility index (Phi) is 5.12. The maximum Gasteiger partial charge on any atom is 0.337 e. The Labute approximate surface area is 152 Å². The van der Waals surface area contributed by atoms with Crippen molar-refractivity contribution in [3.63, 3.8) is 0 Å². The van der Waals surface area contributed by atoms with Crippen LogP contribution >= 0.6 is 0 Å². The first-order valence-corrected chi connectivity index (χ1v) is 8.17. The van der Waals surface area contributed by atoms with Crippen LogP contribution in [-0.2, 0) is 4.74 Å². The molecular weight excluding hydrogens is 328 g/mol. The second-order valence-electron chi connectivity index (χ2n) is 5.88. The monoisotopic (exact) mass is 348 g/mol. The number of carbonyl (C=O) groups is 1. The van der Waals surface area contributed by atoms with Crippen LogP contribution in [0.2, 0.25) is 0 Å². The molecule has 0 spiro atoms. The van der Waals surface area contributed by atoms with Crippen molar-refractivity contribution in [2.24, 2.45) is 0 Å². The predicted octanol–water partition coefficient (Wildman–Crippen LogP) is 4.37. The van der Waals surface area contributed by atoms with E-state index >= 15 is 0 Å². The highest BCUT2D eigenvalue weighted by Crippen LogP contribution is 2.25. The molecule has 132 valence electrons. The summed E-state index contributed by atoms with van der Waals surface area (Å²) in [7, 11) is 1.36. The molecule has 3 rings (SSSR count). The van der Waals surface area contributed by atoms with Crippen LogP contribution < -0.4 is 10.6 Å². The Balaban J connectivity index is 1.81. The zero-order valence-electron chi connectivity index (χ0n) is 14.9. The van der Waals surface area contributed by atoms with Crippen LogP contribution in [0.25, 0.3) is 0 Å².